The molecule has 2 heterocycles. The second-order valence-corrected chi connectivity index (χ2v) is 6.54. The number of nitrogens with zero attached hydrogens (tertiary/aromatic N) is 4. The number of amides is 1. The number of anilines is 1. The largest absolute Gasteiger partial charge is 0.435 e. The minimum Gasteiger partial charge on any atom is -0.317 e. The van der Waals surface area contributed by atoms with E-state index in [1.54, 1.807) is 30.3 Å². The van der Waals surface area contributed by atoms with Crippen LogP contribution in [0.2, 0.25) is 0 Å². The molecule has 156 valence electrons. The van der Waals surface area contributed by atoms with Gasteiger partial charge in [-0.15, -0.1) is 0 Å². The number of hydrogen-bond acceptors (Lipinski definition) is 4. The van der Waals surface area contributed by atoms with E-state index in [4.69, 9.17) is 0 Å². The second-order valence-electron chi connectivity index (χ2n) is 6.54. The van der Waals surface area contributed by atoms with Crippen LogP contribution >= 0.6 is 0 Å². The van der Waals surface area contributed by atoms with Crippen molar-refractivity contribution in [1.82, 2.24) is 4.57 Å². The first kappa shape index (κ1) is 20.1. The Morgan fingerprint density at radius 3 is 2.35 bits per heavy atom. The van der Waals surface area contributed by atoms with E-state index in [9.17, 15) is 28.1 Å². The lowest BCUT2D eigenvalue weighted by Gasteiger charge is -2.11. The quantitative estimate of drug-likeness (QED) is 0.344. The molecule has 31 heavy (non-hydrogen) atoms. The van der Waals surface area contributed by atoms with Crippen molar-refractivity contribution in [1.29, 1.82) is 0 Å². The van der Waals surface area contributed by atoms with Gasteiger partial charge < -0.3 is 4.57 Å². The van der Waals surface area contributed by atoms with Gasteiger partial charge in [0.1, 0.15) is 0 Å². The van der Waals surface area contributed by atoms with E-state index in [1.165, 1.54) is 47.2 Å². The van der Waals surface area contributed by atoms with E-state index in [0.29, 0.717) is 10.7 Å². The Morgan fingerprint density at radius 1 is 0.968 bits per heavy atom. The Morgan fingerprint density at radius 2 is 1.68 bits per heavy atom. The number of halogens is 3. The Kier molecular flexibility index (Phi) is 4.90. The number of nitro groups is 1. The maximum atomic E-state index is 13.6. The third kappa shape index (κ3) is 3.82. The third-order valence-electron chi connectivity index (χ3n) is 4.54. The number of carbonyl (C=O) groups excluding carboxylic acids is 1. The van der Waals surface area contributed by atoms with Gasteiger partial charge in [-0.3, -0.25) is 14.9 Å². The van der Waals surface area contributed by atoms with E-state index in [1.807, 2.05) is 0 Å². The molecular formula is C21H13F3N4O3. The summed E-state index contributed by atoms with van der Waals surface area (Å²) in [4.78, 5) is 23.3. The third-order valence-corrected chi connectivity index (χ3v) is 4.54. The van der Waals surface area contributed by atoms with E-state index >= 15 is 0 Å². The molecule has 0 unspecified atom stereocenters. The molecule has 1 amide bonds. The van der Waals surface area contributed by atoms with Crippen LogP contribution < -0.4 is 5.01 Å². The molecule has 2 aromatic carbocycles. The summed E-state index contributed by atoms with van der Waals surface area (Å²) in [6.07, 6.45) is -2.24. The lowest BCUT2D eigenvalue weighted by Crippen LogP contribution is -2.25. The number of carbonyl (C=O) groups is 1. The molecule has 0 bridgehead atoms. The van der Waals surface area contributed by atoms with E-state index < -0.39 is 28.3 Å². The first-order valence-electron chi connectivity index (χ1n) is 8.95. The fraction of sp³-hybridized carbons (Fsp3) is 0.0476. The van der Waals surface area contributed by atoms with Crippen LogP contribution in [-0.4, -0.2) is 27.3 Å². The van der Waals surface area contributed by atoms with Crippen molar-refractivity contribution in [3.05, 3.63) is 94.3 Å². The standard InChI is InChI=1S/C21H13F3N4O3/c22-21(23,24)19-18(20(29)27(25-19)14-6-2-1-3-7-14)13-16-10-5-11-26(16)15-8-4-9-17(12-15)28(30)31/h1-13H/b18-13-. The number of alkyl halides is 3. The zero-order valence-electron chi connectivity index (χ0n) is 15.7. The van der Waals surface area contributed by atoms with Gasteiger partial charge in [-0.05, 0) is 36.4 Å². The summed E-state index contributed by atoms with van der Waals surface area (Å²) in [5.74, 6) is -0.926. The number of non-ortho nitro benzene ring substituents is 1. The molecule has 0 atom stereocenters. The molecule has 1 aliphatic rings. The minimum absolute atomic E-state index is 0.172. The minimum atomic E-state index is -4.85. The summed E-state index contributed by atoms with van der Waals surface area (Å²) < 4.78 is 42.4. The van der Waals surface area contributed by atoms with Gasteiger partial charge in [-0.2, -0.15) is 23.3 Å². The summed E-state index contributed by atoms with van der Waals surface area (Å²) in [5.41, 5.74) is -1.31. The molecule has 1 aliphatic heterocycles. The second kappa shape index (κ2) is 7.56. The van der Waals surface area contributed by atoms with Crippen LogP contribution in [0.15, 0.2) is 83.6 Å². The van der Waals surface area contributed by atoms with E-state index in [0.717, 1.165) is 6.08 Å². The highest BCUT2D eigenvalue weighted by molar-refractivity contribution is 6.34. The smallest absolute Gasteiger partial charge is 0.317 e. The fourth-order valence-electron chi connectivity index (χ4n) is 3.15. The summed E-state index contributed by atoms with van der Waals surface area (Å²) in [5, 5.41) is 15.3. The van der Waals surface area contributed by atoms with Gasteiger partial charge in [0, 0.05) is 24.0 Å². The molecule has 0 saturated heterocycles. The van der Waals surface area contributed by atoms with Crippen molar-refractivity contribution in [3.63, 3.8) is 0 Å². The molecular weight excluding hydrogens is 413 g/mol. The number of rotatable bonds is 4. The Bertz CT molecular complexity index is 1230. The van der Waals surface area contributed by atoms with Crippen molar-refractivity contribution < 1.29 is 22.9 Å². The van der Waals surface area contributed by atoms with Crippen molar-refractivity contribution in [3.8, 4) is 5.69 Å². The summed E-state index contributed by atoms with van der Waals surface area (Å²) >= 11 is 0. The number of hydrazone groups is 1. The normalized spacial score (nSPS) is 15.5. The van der Waals surface area contributed by atoms with Crippen molar-refractivity contribution in [2.45, 2.75) is 6.18 Å². The van der Waals surface area contributed by atoms with Crippen LogP contribution in [0.4, 0.5) is 24.5 Å². The molecule has 0 N–H and O–H groups in total. The Labute approximate surface area is 173 Å². The maximum absolute atomic E-state index is 13.6. The molecule has 0 aliphatic carbocycles. The highest BCUT2D eigenvalue weighted by Gasteiger charge is 2.46. The number of hydrogen-bond donors (Lipinski definition) is 0. The predicted octanol–water partition coefficient (Wildman–Crippen LogP) is 4.73. The summed E-state index contributed by atoms with van der Waals surface area (Å²) in [7, 11) is 0. The molecule has 0 spiro atoms. The first-order valence-corrected chi connectivity index (χ1v) is 8.95. The van der Waals surface area contributed by atoms with Gasteiger partial charge in [0.2, 0.25) is 0 Å². The van der Waals surface area contributed by atoms with Crippen LogP contribution in [0.1, 0.15) is 5.69 Å². The fourth-order valence-corrected chi connectivity index (χ4v) is 3.15. The summed E-state index contributed by atoms with van der Waals surface area (Å²) in [6.45, 7) is 0. The van der Waals surface area contributed by atoms with Crippen molar-refractivity contribution in [2.75, 3.05) is 5.01 Å². The molecule has 4 rings (SSSR count). The number of aromatic nitrogens is 1. The van der Waals surface area contributed by atoms with Gasteiger partial charge in [-0.25, -0.2) is 0 Å². The van der Waals surface area contributed by atoms with Crippen LogP contribution in [-0.2, 0) is 4.79 Å². The number of nitro benzene ring substituents is 1. The average Bonchev–Trinajstić information content (AvgIpc) is 3.34. The van der Waals surface area contributed by atoms with Gasteiger partial charge in [0.15, 0.2) is 5.71 Å². The maximum Gasteiger partial charge on any atom is 0.435 e. The monoisotopic (exact) mass is 426 g/mol. The predicted molar refractivity (Wildman–Crippen MR) is 108 cm³/mol. The van der Waals surface area contributed by atoms with Gasteiger partial charge in [0.05, 0.1) is 21.9 Å². The van der Waals surface area contributed by atoms with E-state index in [2.05, 4.69) is 5.10 Å². The first-order chi connectivity index (χ1) is 14.8. The Hall–Kier alpha value is -4.21. The lowest BCUT2D eigenvalue weighted by atomic mass is 10.1. The van der Waals surface area contributed by atoms with Crippen LogP contribution in [0.25, 0.3) is 11.8 Å². The Balaban J connectivity index is 1.79. The molecule has 3 aromatic rings. The SMILES string of the molecule is O=C1/C(=C\c2cccn2-c2cccc([N+](=O)[O-])c2)C(C(F)(F)F)=NN1c1ccccc1. The lowest BCUT2D eigenvalue weighted by molar-refractivity contribution is -0.384. The molecule has 7 nitrogen and oxygen atoms in total. The zero-order valence-corrected chi connectivity index (χ0v) is 15.7. The number of benzene rings is 2. The van der Waals surface area contributed by atoms with E-state index in [-0.39, 0.29) is 17.1 Å². The molecule has 0 radical (unpaired) electrons. The molecule has 0 saturated carbocycles. The van der Waals surface area contributed by atoms with Crippen LogP contribution in [0.5, 0.6) is 0 Å². The highest BCUT2D eigenvalue weighted by atomic mass is 19.4. The molecule has 1 aromatic heterocycles. The highest BCUT2D eigenvalue weighted by Crippen LogP contribution is 2.33. The van der Waals surface area contributed by atoms with Gasteiger partial charge >= 0.3 is 6.18 Å². The average molecular weight is 426 g/mol. The van der Waals surface area contributed by atoms with Crippen LogP contribution in [0.3, 0.4) is 0 Å². The topological polar surface area (TPSA) is 80.7 Å². The van der Waals surface area contributed by atoms with Gasteiger partial charge in [-0.1, -0.05) is 24.3 Å². The zero-order chi connectivity index (χ0) is 22.2. The number of para-hydroxylation sites is 1. The van der Waals surface area contributed by atoms with Gasteiger partial charge in [0.25, 0.3) is 11.6 Å². The van der Waals surface area contributed by atoms with Crippen molar-refractivity contribution in [2.24, 2.45) is 5.10 Å². The van der Waals surface area contributed by atoms with Crippen molar-refractivity contribution >= 4 is 29.1 Å². The molecule has 10 heteroatoms. The summed E-state index contributed by atoms with van der Waals surface area (Å²) in [6, 6.07) is 16.5. The molecule has 0 fully saturated rings. The van der Waals surface area contributed by atoms with Crippen LogP contribution in [0, 0.1) is 10.1 Å².